The van der Waals surface area contributed by atoms with Gasteiger partial charge in [0.05, 0.1) is 4.92 Å². The van der Waals surface area contributed by atoms with E-state index in [-0.39, 0.29) is 16.7 Å². The summed E-state index contributed by atoms with van der Waals surface area (Å²) in [6.07, 6.45) is 0. The Bertz CT molecular complexity index is 567. The van der Waals surface area contributed by atoms with Gasteiger partial charge in [0.2, 0.25) is 0 Å². The zero-order chi connectivity index (χ0) is 13.8. The molecule has 0 saturated heterocycles. The molecule has 1 N–H and O–H groups in total. The monoisotopic (exact) mass is 276 g/mol. The maximum atomic E-state index is 10.9. The molecule has 1 heterocycles. The van der Waals surface area contributed by atoms with Crippen LogP contribution in [0.25, 0.3) is 0 Å². The van der Waals surface area contributed by atoms with Crippen molar-refractivity contribution in [2.24, 2.45) is 0 Å². The van der Waals surface area contributed by atoms with Crippen LogP contribution in [0.2, 0.25) is 0 Å². The maximum Gasteiger partial charge on any atom is 0.272 e. The molecule has 0 aliphatic rings. The van der Waals surface area contributed by atoms with Crippen LogP contribution in [0.5, 0.6) is 0 Å². The molecule has 0 amide bonds. The summed E-state index contributed by atoms with van der Waals surface area (Å²) >= 11 is 1.71. The molecule has 0 fully saturated rings. The lowest BCUT2D eigenvalue weighted by atomic mass is 10.1. The van der Waals surface area contributed by atoms with E-state index in [0.29, 0.717) is 12.1 Å². The van der Waals surface area contributed by atoms with E-state index in [0.717, 1.165) is 5.56 Å². The standard InChI is InChI=1S/C14H16N2O2S/c1-10-5-6-12(8-13(10)16(17)18)9-15-11(2)14-4-3-7-19-14/h3-8,11,15H,9H2,1-2H3/t11-/m0/s1. The topological polar surface area (TPSA) is 55.2 Å². The summed E-state index contributed by atoms with van der Waals surface area (Å²) in [7, 11) is 0. The predicted molar refractivity (Wildman–Crippen MR) is 77.4 cm³/mol. The molecule has 2 aromatic rings. The van der Waals surface area contributed by atoms with E-state index in [1.807, 2.05) is 17.5 Å². The lowest BCUT2D eigenvalue weighted by Gasteiger charge is -2.12. The highest BCUT2D eigenvalue weighted by atomic mass is 32.1. The first-order valence-corrected chi connectivity index (χ1v) is 6.96. The van der Waals surface area contributed by atoms with E-state index in [1.54, 1.807) is 30.4 Å². The lowest BCUT2D eigenvalue weighted by molar-refractivity contribution is -0.385. The second-order valence-electron chi connectivity index (χ2n) is 4.50. The molecule has 0 saturated carbocycles. The smallest absolute Gasteiger partial charge is 0.272 e. The summed E-state index contributed by atoms with van der Waals surface area (Å²) in [6, 6.07) is 9.72. The number of aryl methyl sites for hydroxylation is 1. The third kappa shape index (κ3) is 3.39. The van der Waals surface area contributed by atoms with E-state index in [4.69, 9.17) is 0 Å². The van der Waals surface area contributed by atoms with Crippen LogP contribution in [-0.2, 0) is 6.54 Å². The zero-order valence-corrected chi connectivity index (χ0v) is 11.7. The van der Waals surface area contributed by atoms with Gasteiger partial charge < -0.3 is 5.32 Å². The van der Waals surface area contributed by atoms with E-state index < -0.39 is 0 Å². The number of benzene rings is 1. The third-order valence-corrected chi connectivity index (χ3v) is 4.11. The first kappa shape index (κ1) is 13.7. The van der Waals surface area contributed by atoms with E-state index in [9.17, 15) is 10.1 Å². The second-order valence-corrected chi connectivity index (χ2v) is 5.48. The molecule has 0 aliphatic carbocycles. The molecule has 1 aromatic heterocycles. The van der Waals surface area contributed by atoms with Gasteiger partial charge in [-0.2, -0.15) is 0 Å². The fourth-order valence-corrected chi connectivity index (χ4v) is 2.63. The Kier molecular flexibility index (Phi) is 4.29. The van der Waals surface area contributed by atoms with E-state index >= 15 is 0 Å². The van der Waals surface area contributed by atoms with Crippen LogP contribution in [0.15, 0.2) is 35.7 Å². The van der Waals surface area contributed by atoms with Crippen LogP contribution in [0.1, 0.15) is 29.0 Å². The van der Waals surface area contributed by atoms with Gasteiger partial charge in [-0.3, -0.25) is 10.1 Å². The highest BCUT2D eigenvalue weighted by Crippen LogP contribution is 2.21. The lowest BCUT2D eigenvalue weighted by Crippen LogP contribution is -2.17. The summed E-state index contributed by atoms with van der Waals surface area (Å²) in [6.45, 7) is 4.47. The molecule has 0 unspecified atom stereocenters. The van der Waals surface area contributed by atoms with Crippen molar-refractivity contribution in [3.05, 3.63) is 61.8 Å². The number of hydrogen-bond donors (Lipinski definition) is 1. The van der Waals surface area contributed by atoms with Crippen molar-refractivity contribution >= 4 is 17.0 Å². The molecule has 0 aliphatic heterocycles. The highest BCUT2D eigenvalue weighted by Gasteiger charge is 2.11. The Morgan fingerprint density at radius 2 is 2.21 bits per heavy atom. The number of nitrogens with zero attached hydrogens (tertiary/aromatic N) is 1. The van der Waals surface area contributed by atoms with Gasteiger partial charge in [-0.1, -0.05) is 18.2 Å². The first-order chi connectivity index (χ1) is 9.08. The van der Waals surface area contributed by atoms with E-state index in [2.05, 4.69) is 18.3 Å². The Hall–Kier alpha value is -1.72. The van der Waals surface area contributed by atoms with Gasteiger partial charge in [0.1, 0.15) is 0 Å². The molecule has 4 nitrogen and oxygen atoms in total. The van der Waals surface area contributed by atoms with Crippen molar-refractivity contribution in [2.75, 3.05) is 0 Å². The van der Waals surface area contributed by atoms with Gasteiger partial charge in [-0.25, -0.2) is 0 Å². The van der Waals surface area contributed by atoms with Crippen LogP contribution >= 0.6 is 11.3 Å². The molecule has 5 heteroatoms. The van der Waals surface area contributed by atoms with Crippen molar-refractivity contribution in [2.45, 2.75) is 26.4 Å². The molecule has 100 valence electrons. The summed E-state index contributed by atoms with van der Waals surface area (Å²) in [5.74, 6) is 0. The highest BCUT2D eigenvalue weighted by molar-refractivity contribution is 7.10. The SMILES string of the molecule is Cc1ccc(CN[C@@H](C)c2cccs2)cc1[N+](=O)[O-]. The fraction of sp³-hybridized carbons (Fsp3) is 0.286. The van der Waals surface area contributed by atoms with Gasteiger partial charge in [0.25, 0.3) is 5.69 Å². The van der Waals surface area contributed by atoms with Gasteiger partial charge in [-0.15, -0.1) is 11.3 Å². The quantitative estimate of drug-likeness (QED) is 0.667. The molecule has 0 bridgehead atoms. The number of rotatable bonds is 5. The number of hydrogen-bond acceptors (Lipinski definition) is 4. The van der Waals surface area contributed by atoms with Crippen LogP contribution in [0.3, 0.4) is 0 Å². The van der Waals surface area contributed by atoms with Gasteiger partial charge >= 0.3 is 0 Å². The van der Waals surface area contributed by atoms with Crippen LogP contribution in [0, 0.1) is 17.0 Å². The minimum atomic E-state index is -0.332. The summed E-state index contributed by atoms with van der Waals surface area (Å²) in [4.78, 5) is 11.8. The van der Waals surface area contributed by atoms with E-state index in [1.165, 1.54) is 4.88 Å². The minimum Gasteiger partial charge on any atom is -0.305 e. The Balaban J connectivity index is 2.04. The molecule has 2 rings (SSSR count). The Morgan fingerprint density at radius 3 is 2.84 bits per heavy atom. The molecule has 1 atom stereocenters. The number of nitrogens with one attached hydrogen (secondary N) is 1. The Labute approximate surface area is 116 Å². The van der Waals surface area contributed by atoms with Crippen LogP contribution in [0.4, 0.5) is 5.69 Å². The molecule has 1 aromatic carbocycles. The summed E-state index contributed by atoms with van der Waals surface area (Å²) in [5.41, 5.74) is 1.81. The number of thiophene rings is 1. The zero-order valence-electron chi connectivity index (χ0n) is 10.9. The molecular weight excluding hydrogens is 260 g/mol. The fourth-order valence-electron chi connectivity index (χ4n) is 1.87. The predicted octanol–water partition coefficient (Wildman–Crippen LogP) is 3.82. The van der Waals surface area contributed by atoms with Crippen molar-refractivity contribution < 1.29 is 4.92 Å². The molecule has 0 spiro atoms. The van der Waals surface area contributed by atoms with Gasteiger partial charge in [-0.05, 0) is 30.9 Å². The molecular formula is C14H16N2O2S. The van der Waals surface area contributed by atoms with Crippen LogP contribution in [-0.4, -0.2) is 4.92 Å². The van der Waals surface area contributed by atoms with Crippen molar-refractivity contribution in [1.82, 2.24) is 5.32 Å². The summed E-state index contributed by atoms with van der Waals surface area (Å²) < 4.78 is 0. The Morgan fingerprint density at radius 1 is 1.42 bits per heavy atom. The van der Waals surface area contributed by atoms with Gasteiger partial charge in [0.15, 0.2) is 0 Å². The summed E-state index contributed by atoms with van der Waals surface area (Å²) in [5, 5.41) is 16.3. The first-order valence-electron chi connectivity index (χ1n) is 6.08. The average molecular weight is 276 g/mol. The van der Waals surface area contributed by atoms with Crippen molar-refractivity contribution in [3.63, 3.8) is 0 Å². The van der Waals surface area contributed by atoms with Gasteiger partial charge in [0, 0.05) is 29.1 Å². The maximum absolute atomic E-state index is 10.9. The molecule has 0 radical (unpaired) electrons. The van der Waals surface area contributed by atoms with Crippen LogP contribution < -0.4 is 5.32 Å². The second kappa shape index (κ2) is 5.95. The third-order valence-electron chi connectivity index (χ3n) is 3.05. The minimum absolute atomic E-state index is 0.183. The number of nitro benzene ring substituents is 1. The molecule has 19 heavy (non-hydrogen) atoms. The van der Waals surface area contributed by atoms with Crippen molar-refractivity contribution in [1.29, 1.82) is 0 Å². The number of nitro groups is 1. The average Bonchev–Trinajstić information content (AvgIpc) is 2.91. The normalized spacial score (nSPS) is 12.3. The largest absolute Gasteiger partial charge is 0.305 e. The van der Waals surface area contributed by atoms with Crippen molar-refractivity contribution in [3.8, 4) is 0 Å².